The third-order valence-corrected chi connectivity index (χ3v) is 7.58. The Morgan fingerprint density at radius 2 is 2.06 bits per heavy atom. The van der Waals surface area contributed by atoms with Crippen LogP contribution in [0.3, 0.4) is 0 Å². The fourth-order valence-corrected chi connectivity index (χ4v) is 6.01. The van der Waals surface area contributed by atoms with Gasteiger partial charge < -0.3 is 14.6 Å². The number of thiophene rings is 1. The molecular weight excluding hydrogens is 418 g/mol. The van der Waals surface area contributed by atoms with Gasteiger partial charge in [0, 0.05) is 23.4 Å². The van der Waals surface area contributed by atoms with Gasteiger partial charge in [-0.25, -0.2) is 4.79 Å². The minimum absolute atomic E-state index is 0.119. The largest absolute Gasteiger partial charge is 0.481 e. The van der Waals surface area contributed by atoms with Gasteiger partial charge in [0.1, 0.15) is 12.2 Å². The smallest absolute Gasteiger partial charge is 0.340 e. The number of carbonyl (C=O) groups excluding carboxylic acids is 2. The van der Waals surface area contributed by atoms with Crippen molar-refractivity contribution >= 4 is 41.1 Å². The van der Waals surface area contributed by atoms with Crippen molar-refractivity contribution in [1.29, 1.82) is 0 Å². The molecule has 0 radical (unpaired) electrons. The van der Waals surface area contributed by atoms with Gasteiger partial charge in [0.2, 0.25) is 0 Å². The molecule has 2 aromatic rings. The number of esters is 2. The number of rotatable bonds is 5. The SMILES string of the molecule is O=C(OC1CC(C(=O)O)C23CC(CCC12)OC3=O)c1ccccc1N=Cc1cccs1. The number of carbonyl (C=O) groups is 3. The normalized spacial score (nSPS) is 31.4. The summed E-state index contributed by atoms with van der Waals surface area (Å²) in [5.74, 6) is -3.29. The Morgan fingerprint density at radius 3 is 2.84 bits per heavy atom. The highest BCUT2D eigenvalue weighted by Gasteiger charge is 2.69. The first-order valence-electron chi connectivity index (χ1n) is 10.3. The van der Waals surface area contributed by atoms with Crippen LogP contribution in [0.15, 0.2) is 46.8 Å². The van der Waals surface area contributed by atoms with Gasteiger partial charge >= 0.3 is 17.9 Å². The Morgan fingerprint density at radius 1 is 1.23 bits per heavy atom. The molecule has 1 aromatic heterocycles. The summed E-state index contributed by atoms with van der Waals surface area (Å²) in [5, 5.41) is 11.7. The molecule has 3 aliphatic rings. The van der Waals surface area contributed by atoms with Crippen LogP contribution in [-0.2, 0) is 19.1 Å². The van der Waals surface area contributed by atoms with E-state index in [1.54, 1.807) is 30.5 Å². The fraction of sp³-hybridized carbons (Fsp3) is 0.391. The second-order valence-electron chi connectivity index (χ2n) is 8.32. The van der Waals surface area contributed by atoms with Gasteiger partial charge in [-0.2, -0.15) is 0 Å². The van der Waals surface area contributed by atoms with Crippen molar-refractivity contribution in [3.63, 3.8) is 0 Å². The summed E-state index contributed by atoms with van der Waals surface area (Å²) in [6, 6.07) is 10.7. The van der Waals surface area contributed by atoms with E-state index in [2.05, 4.69) is 4.99 Å². The molecule has 2 saturated carbocycles. The van der Waals surface area contributed by atoms with E-state index >= 15 is 0 Å². The van der Waals surface area contributed by atoms with Gasteiger partial charge in [0.05, 0.1) is 22.6 Å². The van der Waals surface area contributed by atoms with Crippen LogP contribution >= 0.6 is 11.3 Å². The predicted molar refractivity (Wildman–Crippen MR) is 113 cm³/mol. The third kappa shape index (κ3) is 3.26. The molecule has 31 heavy (non-hydrogen) atoms. The average Bonchev–Trinajstić information content (AvgIpc) is 3.45. The predicted octanol–water partition coefficient (Wildman–Crippen LogP) is 3.84. The maximum absolute atomic E-state index is 13.1. The van der Waals surface area contributed by atoms with E-state index in [0.717, 1.165) is 4.88 Å². The molecule has 7 nitrogen and oxygen atoms in total. The van der Waals surface area contributed by atoms with Gasteiger partial charge in [-0.1, -0.05) is 18.2 Å². The molecule has 2 bridgehead atoms. The summed E-state index contributed by atoms with van der Waals surface area (Å²) >= 11 is 1.54. The molecule has 1 aliphatic heterocycles. The number of hydrogen-bond acceptors (Lipinski definition) is 7. The molecule has 3 fully saturated rings. The first-order valence-corrected chi connectivity index (χ1v) is 11.2. The Kier molecular flexibility index (Phi) is 4.89. The summed E-state index contributed by atoms with van der Waals surface area (Å²) in [4.78, 5) is 43.1. The van der Waals surface area contributed by atoms with Gasteiger partial charge in [0.15, 0.2) is 0 Å². The lowest BCUT2D eigenvalue weighted by Gasteiger charge is -2.34. The number of benzene rings is 1. The topological polar surface area (TPSA) is 102 Å². The number of carboxylic acid groups (broad SMARTS) is 1. The molecule has 1 N–H and O–H groups in total. The van der Waals surface area contributed by atoms with Gasteiger partial charge in [0.25, 0.3) is 0 Å². The molecule has 2 heterocycles. The molecule has 5 rings (SSSR count). The van der Waals surface area contributed by atoms with E-state index in [9.17, 15) is 19.5 Å². The van der Waals surface area contributed by atoms with Crippen LogP contribution in [0.25, 0.3) is 0 Å². The maximum Gasteiger partial charge on any atom is 0.340 e. The number of ether oxygens (including phenoxy) is 2. The third-order valence-electron chi connectivity index (χ3n) is 6.77. The van der Waals surface area contributed by atoms with Crippen LogP contribution in [0, 0.1) is 17.3 Å². The van der Waals surface area contributed by atoms with E-state index in [0.29, 0.717) is 30.5 Å². The van der Waals surface area contributed by atoms with E-state index in [-0.39, 0.29) is 18.4 Å². The highest BCUT2D eigenvalue weighted by Crippen LogP contribution is 2.61. The summed E-state index contributed by atoms with van der Waals surface area (Å²) in [6.07, 6.45) is 2.60. The zero-order valence-electron chi connectivity index (χ0n) is 16.6. The average molecular weight is 439 g/mol. The molecule has 1 saturated heterocycles. The number of carboxylic acids is 1. The minimum Gasteiger partial charge on any atom is -0.481 e. The highest BCUT2D eigenvalue weighted by atomic mass is 32.1. The monoisotopic (exact) mass is 439 g/mol. The molecule has 1 spiro atoms. The summed E-state index contributed by atoms with van der Waals surface area (Å²) in [6.45, 7) is 0. The van der Waals surface area contributed by atoms with Crippen molar-refractivity contribution in [2.75, 3.05) is 0 Å². The first-order chi connectivity index (χ1) is 15.0. The highest BCUT2D eigenvalue weighted by molar-refractivity contribution is 7.11. The van der Waals surface area contributed by atoms with E-state index in [1.165, 1.54) is 11.3 Å². The van der Waals surface area contributed by atoms with Gasteiger partial charge in [-0.05, 0) is 42.8 Å². The van der Waals surface area contributed by atoms with Crippen molar-refractivity contribution in [2.45, 2.75) is 37.9 Å². The number of aliphatic carboxylic acids is 1. The lowest BCUT2D eigenvalue weighted by Crippen LogP contribution is -2.43. The van der Waals surface area contributed by atoms with Gasteiger partial charge in [-0.3, -0.25) is 14.6 Å². The van der Waals surface area contributed by atoms with Crippen LogP contribution in [0.1, 0.15) is 40.9 Å². The van der Waals surface area contributed by atoms with Crippen molar-refractivity contribution in [2.24, 2.45) is 22.2 Å². The number of hydrogen-bond donors (Lipinski definition) is 1. The Bertz CT molecular complexity index is 1060. The van der Waals surface area contributed by atoms with Crippen molar-refractivity contribution < 1.29 is 29.0 Å². The number of nitrogens with zero attached hydrogens (tertiary/aromatic N) is 1. The minimum atomic E-state index is -1.09. The quantitative estimate of drug-likeness (QED) is 0.561. The van der Waals surface area contributed by atoms with Crippen molar-refractivity contribution in [1.82, 2.24) is 0 Å². The summed E-state index contributed by atoms with van der Waals surface area (Å²) in [7, 11) is 0. The van der Waals surface area contributed by atoms with Crippen LogP contribution in [0.4, 0.5) is 5.69 Å². The molecule has 0 amide bonds. The Labute approximate surface area is 182 Å². The van der Waals surface area contributed by atoms with Crippen molar-refractivity contribution in [3.8, 4) is 0 Å². The molecule has 1 aromatic carbocycles. The molecular formula is C23H21NO6S. The maximum atomic E-state index is 13.1. The van der Waals surface area contributed by atoms with Crippen LogP contribution in [0.2, 0.25) is 0 Å². The van der Waals surface area contributed by atoms with Gasteiger partial charge in [-0.15, -0.1) is 11.3 Å². The molecule has 160 valence electrons. The lowest BCUT2D eigenvalue weighted by atomic mass is 9.65. The molecule has 8 heteroatoms. The van der Waals surface area contributed by atoms with E-state index in [1.807, 2.05) is 17.5 Å². The van der Waals surface area contributed by atoms with Crippen LogP contribution < -0.4 is 0 Å². The molecule has 5 unspecified atom stereocenters. The van der Waals surface area contributed by atoms with E-state index < -0.39 is 35.3 Å². The zero-order chi connectivity index (χ0) is 21.6. The van der Waals surface area contributed by atoms with Crippen LogP contribution in [0.5, 0.6) is 0 Å². The number of fused-ring (bicyclic) bond motifs is 1. The molecule has 5 atom stereocenters. The van der Waals surface area contributed by atoms with E-state index in [4.69, 9.17) is 9.47 Å². The van der Waals surface area contributed by atoms with Crippen LogP contribution in [-0.4, -0.2) is 41.4 Å². The number of aliphatic imine (C=N–C) groups is 1. The number of para-hydroxylation sites is 1. The standard InChI is InChI=1S/C23H21NO6S/c25-20(26)17-10-19(16-8-7-13-11-23(16,17)22(28)29-13)30-21(27)15-5-1-2-6-18(15)24-12-14-4-3-9-31-14/h1-6,9,12-13,16-17,19H,7-8,10-11H2,(H,25,26). The summed E-state index contributed by atoms with van der Waals surface area (Å²) in [5.41, 5.74) is -0.297. The first kappa shape index (κ1) is 19.9. The Balaban J connectivity index is 1.40. The second kappa shape index (κ2) is 7.60. The Hall–Kier alpha value is -3.00. The van der Waals surface area contributed by atoms with Crippen molar-refractivity contribution in [3.05, 3.63) is 52.2 Å². The second-order valence-corrected chi connectivity index (χ2v) is 9.30. The lowest BCUT2D eigenvalue weighted by molar-refractivity contribution is -0.159. The molecule has 2 aliphatic carbocycles. The zero-order valence-corrected chi connectivity index (χ0v) is 17.4. The summed E-state index contributed by atoms with van der Waals surface area (Å²) < 4.78 is 11.3. The fourth-order valence-electron chi connectivity index (χ4n) is 5.43.